The topological polar surface area (TPSA) is 85.2 Å². The van der Waals surface area contributed by atoms with Crippen molar-refractivity contribution in [2.45, 2.75) is 6.43 Å². The minimum absolute atomic E-state index is 0.104. The van der Waals surface area contributed by atoms with E-state index in [4.69, 9.17) is 19.2 Å². The van der Waals surface area contributed by atoms with E-state index in [0.29, 0.717) is 0 Å². The summed E-state index contributed by atoms with van der Waals surface area (Å²) >= 11 is 0. The zero-order chi connectivity index (χ0) is 14.0. The molecular formula is C10H9BF2O6. The number of halogens is 2. The summed E-state index contributed by atoms with van der Waals surface area (Å²) in [6.45, 7) is -1.09. The first-order valence-corrected chi connectivity index (χ1v) is 5.27. The number of ether oxygens (including phenoxy) is 2. The largest absolute Gasteiger partial charge is 0.563 e. The number of carboxylic acids is 1. The summed E-state index contributed by atoms with van der Waals surface area (Å²) in [5.41, 5.74) is -0.461. The van der Waals surface area contributed by atoms with Crippen LogP contribution in [0.25, 0.3) is 0 Å². The van der Waals surface area contributed by atoms with Gasteiger partial charge in [0.2, 0.25) is 0 Å². The lowest BCUT2D eigenvalue weighted by molar-refractivity contribution is 0.0658. The standard InChI is InChI=1S/C10H9BF2O6/c12-7(13)3-17-5-1-2-6-9(8(5)10(14)15)19-11(16)4-18-6/h1-2,7,16H,3-4H2,(H,14,15). The van der Waals surface area contributed by atoms with Crippen LogP contribution in [0.2, 0.25) is 0 Å². The third-order valence-electron chi connectivity index (χ3n) is 2.30. The summed E-state index contributed by atoms with van der Waals surface area (Å²) < 4.78 is 38.9. The molecule has 6 nitrogen and oxygen atoms in total. The lowest BCUT2D eigenvalue weighted by atomic mass is 9.91. The molecule has 1 aromatic carbocycles. The molecule has 2 N–H and O–H groups in total. The van der Waals surface area contributed by atoms with E-state index >= 15 is 0 Å². The minimum atomic E-state index is -2.74. The van der Waals surface area contributed by atoms with Gasteiger partial charge in [0.25, 0.3) is 6.43 Å². The Morgan fingerprint density at radius 1 is 1.53 bits per heavy atom. The molecule has 1 aromatic rings. The van der Waals surface area contributed by atoms with E-state index in [-0.39, 0.29) is 23.8 Å². The van der Waals surface area contributed by atoms with Crippen molar-refractivity contribution in [1.29, 1.82) is 0 Å². The Morgan fingerprint density at radius 3 is 2.89 bits per heavy atom. The second kappa shape index (κ2) is 5.31. The van der Waals surface area contributed by atoms with Gasteiger partial charge in [0.05, 0.1) is 0 Å². The molecule has 0 aliphatic carbocycles. The van der Waals surface area contributed by atoms with Gasteiger partial charge in [-0.05, 0) is 12.1 Å². The molecule has 0 bridgehead atoms. The number of carboxylic acid groups (broad SMARTS) is 1. The summed E-state index contributed by atoms with van der Waals surface area (Å²) in [6.07, 6.45) is -2.74. The zero-order valence-electron chi connectivity index (χ0n) is 9.51. The summed E-state index contributed by atoms with van der Waals surface area (Å²) in [4.78, 5) is 11.2. The van der Waals surface area contributed by atoms with Gasteiger partial charge in [-0.25, -0.2) is 13.6 Å². The molecule has 0 fully saturated rings. The van der Waals surface area contributed by atoms with Crippen molar-refractivity contribution >= 4 is 13.1 Å². The van der Waals surface area contributed by atoms with Crippen LogP contribution in [0, 0.1) is 0 Å². The molecule has 1 aliphatic rings. The van der Waals surface area contributed by atoms with E-state index in [9.17, 15) is 18.6 Å². The first-order valence-electron chi connectivity index (χ1n) is 5.27. The van der Waals surface area contributed by atoms with Crippen LogP contribution >= 0.6 is 0 Å². The fourth-order valence-electron chi connectivity index (χ4n) is 1.58. The third-order valence-corrected chi connectivity index (χ3v) is 2.30. The Hall–Kier alpha value is -2.03. The molecule has 2 rings (SSSR count). The van der Waals surface area contributed by atoms with Crippen molar-refractivity contribution in [3.05, 3.63) is 17.7 Å². The van der Waals surface area contributed by atoms with Crippen LogP contribution in [0.15, 0.2) is 12.1 Å². The van der Waals surface area contributed by atoms with Crippen LogP contribution in [0.5, 0.6) is 17.2 Å². The van der Waals surface area contributed by atoms with Crippen LogP contribution in [0.1, 0.15) is 10.4 Å². The van der Waals surface area contributed by atoms with Gasteiger partial charge in [-0.15, -0.1) is 0 Å². The molecule has 0 saturated carbocycles. The maximum atomic E-state index is 12.1. The van der Waals surface area contributed by atoms with Crippen molar-refractivity contribution in [1.82, 2.24) is 0 Å². The van der Waals surface area contributed by atoms with Gasteiger partial charge in [-0.3, -0.25) is 0 Å². The number of fused-ring (bicyclic) bond motifs is 1. The molecule has 1 aliphatic heterocycles. The lowest BCUT2D eigenvalue weighted by Crippen LogP contribution is -2.34. The summed E-state index contributed by atoms with van der Waals surface area (Å²) in [5, 5.41) is 18.4. The van der Waals surface area contributed by atoms with Gasteiger partial charge < -0.3 is 24.3 Å². The molecule has 0 amide bonds. The first-order chi connectivity index (χ1) is 8.99. The highest BCUT2D eigenvalue weighted by Gasteiger charge is 2.31. The highest BCUT2D eigenvalue weighted by Crippen LogP contribution is 2.39. The molecule has 102 valence electrons. The molecule has 9 heteroatoms. The first kappa shape index (κ1) is 13.4. The van der Waals surface area contributed by atoms with Crippen molar-refractivity contribution in [3.8, 4) is 17.2 Å². The van der Waals surface area contributed by atoms with Crippen molar-refractivity contribution < 1.29 is 37.8 Å². The third kappa shape index (κ3) is 2.87. The van der Waals surface area contributed by atoms with Crippen LogP contribution in [0.4, 0.5) is 8.78 Å². The van der Waals surface area contributed by atoms with Gasteiger partial charge in [0, 0.05) is 0 Å². The number of hydrogen-bond acceptors (Lipinski definition) is 5. The molecule has 0 aromatic heterocycles. The van der Waals surface area contributed by atoms with Gasteiger partial charge in [0.1, 0.15) is 24.4 Å². The number of rotatable bonds is 4. The van der Waals surface area contributed by atoms with Crippen molar-refractivity contribution in [2.24, 2.45) is 0 Å². The highest BCUT2D eigenvalue weighted by molar-refractivity contribution is 6.44. The van der Waals surface area contributed by atoms with Crippen molar-refractivity contribution in [3.63, 3.8) is 0 Å². The smallest absolute Gasteiger partial charge is 0.531 e. The summed E-state index contributed by atoms with van der Waals surface area (Å²) in [5.74, 6) is -1.84. The van der Waals surface area contributed by atoms with E-state index in [1.807, 2.05) is 0 Å². The number of aromatic carboxylic acids is 1. The Bertz CT molecular complexity index is 495. The van der Waals surface area contributed by atoms with Gasteiger partial charge in [-0.2, -0.15) is 0 Å². The van der Waals surface area contributed by atoms with E-state index < -0.39 is 31.7 Å². The normalized spacial score (nSPS) is 13.6. The second-order valence-electron chi connectivity index (χ2n) is 3.66. The highest BCUT2D eigenvalue weighted by atomic mass is 19.3. The predicted octanol–water partition coefficient (Wildman–Crippen LogP) is 0.820. The maximum absolute atomic E-state index is 12.1. The minimum Gasteiger partial charge on any atom is -0.531 e. The number of alkyl halides is 2. The molecule has 19 heavy (non-hydrogen) atoms. The van der Waals surface area contributed by atoms with Gasteiger partial charge in [-0.1, -0.05) is 0 Å². The molecule has 1 heterocycles. The summed E-state index contributed by atoms with van der Waals surface area (Å²) in [6, 6.07) is 2.53. The maximum Gasteiger partial charge on any atom is 0.563 e. The fraction of sp³-hybridized carbons (Fsp3) is 0.300. The fourth-order valence-corrected chi connectivity index (χ4v) is 1.58. The van der Waals surface area contributed by atoms with Crippen LogP contribution in [-0.2, 0) is 0 Å². The molecule has 0 unspecified atom stereocenters. The number of benzene rings is 1. The quantitative estimate of drug-likeness (QED) is 0.790. The predicted molar refractivity (Wildman–Crippen MR) is 59.0 cm³/mol. The average Bonchev–Trinajstić information content (AvgIpc) is 2.34. The Morgan fingerprint density at radius 2 is 2.26 bits per heavy atom. The Balaban J connectivity index is 2.39. The van der Waals surface area contributed by atoms with Crippen LogP contribution < -0.4 is 14.1 Å². The zero-order valence-corrected chi connectivity index (χ0v) is 9.51. The lowest BCUT2D eigenvalue weighted by Gasteiger charge is -2.23. The van der Waals surface area contributed by atoms with E-state index in [2.05, 4.69) is 0 Å². The average molecular weight is 274 g/mol. The second-order valence-corrected chi connectivity index (χ2v) is 3.66. The Kier molecular flexibility index (Phi) is 3.75. The van der Waals surface area contributed by atoms with Crippen LogP contribution in [0.3, 0.4) is 0 Å². The molecule has 0 saturated heterocycles. The molecule has 0 spiro atoms. The number of hydrogen-bond donors (Lipinski definition) is 2. The van der Waals surface area contributed by atoms with Crippen molar-refractivity contribution in [2.75, 3.05) is 13.1 Å². The van der Waals surface area contributed by atoms with Crippen LogP contribution in [-0.4, -0.2) is 42.8 Å². The van der Waals surface area contributed by atoms with E-state index in [0.717, 1.165) is 0 Å². The van der Waals surface area contributed by atoms with E-state index in [1.54, 1.807) is 0 Å². The molecular weight excluding hydrogens is 265 g/mol. The summed E-state index contributed by atoms with van der Waals surface area (Å²) in [7, 11) is -1.32. The molecule has 0 radical (unpaired) electrons. The molecule has 0 atom stereocenters. The Labute approximate surface area is 106 Å². The van der Waals surface area contributed by atoms with Gasteiger partial charge >= 0.3 is 13.1 Å². The monoisotopic (exact) mass is 274 g/mol. The van der Waals surface area contributed by atoms with Gasteiger partial charge in [0.15, 0.2) is 11.5 Å². The van der Waals surface area contributed by atoms with E-state index in [1.165, 1.54) is 12.1 Å². The number of carbonyl (C=O) groups is 1. The SMILES string of the molecule is O=C(O)c1c(OCC(F)F)ccc2c1OB(O)CO2.